The van der Waals surface area contributed by atoms with Gasteiger partial charge in [0.25, 0.3) is 0 Å². The van der Waals surface area contributed by atoms with Crippen molar-refractivity contribution in [1.29, 1.82) is 0 Å². The van der Waals surface area contributed by atoms with Crippen LogP contribution in [0.3, 0.4) is 0 Å². The molecule has 0 bridgehead atoms. The molecular formula is C12H23N3O6. The van der Waals surface area contributed by atoms with Crippen molar-refractivity contribution in [3.05, 3.63) is 0 Å². The maximum atomic E-state index is 11.5. The highest BCUT2D eigenvalue weighted by Crippen LogP contribution is 1.95. The van der Waals surface area contributed by atoms with Crippen molar-refractivity contribution in [3.63, 3.8) is 0 Å². The predicted molar refractivity (Wildman–Crippen MR) is 74.0 cm³/mol. The fourth-order valence-electron chi connectivity index (χ4n) is 1.25. The Hall–Kier alpha value is -1.87. The van der Waals surface area contributed by atoms with Gasteiger partial charge in [0.05, 0.1) is 26.7 Å². The first-order valence-corrected chi connectivity index (χ1v) is 6.43. The number of ether oxygens (including phenoxy) is 2. The molecule has 0 radical (unpaired) electrons. The first-order chi connectivity index (χ1) is 9.86. The molecule has 0 aliphatic rings. The lowest BCUT2D eigenvalue weighted by Crippen LogP contribution is -2.47. The molecule has 0 saturated carbocycles. The highest BCUT2D eigenvalue weighted by molar-refractivity contribution is 5.86. The normalized spacial score (nSPS) is 11.8. The summed E-state index contributed by atoms with van der Waals surface area (Å²) < 4.78 is 9.61. The van der Waals surface area contributed by atoms with E-state index in [9.17, 15) is 14.4 Å². The van der Waals surface area contributed by atoms with Gasteiger partial charge < -0.3 is 30.1 Å². The molecule has 0 heterocycles. The third-order valence-corrected chi connectivity index (χ3v) is 2.42. The summed E-state index contributed by atoms with van der Waals surface area (Å²) in [4.78, 5) is 35.3. The van der Waals surface area contributed by atoms with Gasteiger partial charge in [-0.3, -0.25) is 4.79 Å². The summed E-state index contributed by atoms with van der Waals surface area (Å²) in [6, 6.07) is -2.00. The number of nitrogens with zero attached hydrogens (tertiary/aromatic N) is 1. The number of rotatable bonds is 10. The molecule has 21 heavy (non-hydrogen) atoms. The standard InChI is InChI=1S/C12H23N3O6/c1-15(2)5-7-21-6-4-13-12(19)14-9(11(17)18)8-10(16)20-3/h9H,4-8H2,1-3H3,(H,17,18)(H2,13,14,19)/t9-/m0/s1. The zero-order valence-corrected chi connectivity index (χ0v) is 12.5. The highest BCUT2D eigenvalue weighted by Gasteiger charge is 2.23. The van der Waals surface area contributed by atoms with Gasteiger partial charge in [-0.2, -0.15) is 0 Å². The largest absolute Gasteiger partial charge is 0.480 e. The molecule has 0 fully saturated rings. The van der Waals surface area contributed by atoms with Crippen LogP contribution in [-0.2, 0) is 19.1 Å². The van der Waals surface area contributed by atoms with Crippen LogP contribution in [-0.4, -0.2) is 81.5 Å². The van der Waals surface area contributed by atoms with E-state index in [0.29, 0.717) is 13.2 Å². The second-order valence-electron chi connectivity index (χ2n) is 4.49. The number of carboxylic acid groups (broad SMARTS) is 1. The Morgan fingerprint density at radius 1 is 1.24 bits per heavy atom. The van der Waals surface area contributed by atoms with Crippen molar-refractivity contribution in [3.8, 4) is 0 Å². The van der Waals surface area contributed by atoms with Crippen molar-refractivity contribution in [1.82, 2.24) is 15.5 Å². The van der Waals surface area contributed by atoms with E-state index in [2.05, 4.69) is 15.4 Å². The van der Waals surface area contributed by atoms with E-state index >= 15 is 0 Å². The number of aliphatic carboxylic acids is 1. The van der Waals surface area contributed by atoms with Crippen molar-refractivity contribution in [2.45, 2.75) is 12.5 Å². The molecule has 0 rings (SSSR count). The van der Waals surface area contributed by atoms with Crippen molar-refractivity contribution >= 4 is 18.0 Å². The summed E-state index contributed by atoms with van der Waals surface area (Å²) in [7, 11) is 4.98. The molecule has 3 N–H and O–H groups in total. The minimum atomic E-state index is -1.33. The zero-order valence-electron chi connectivity index (χ0n) is 12.5. The Kier molecular flexibility index (Phi) is 9.90. The summed E-state index contributed by atoms with van der Waals surface area (Å²) in [5.41, 5.74) is 0. The van der Waals surface area contributed by atoms with Crippen LogP contribution in [0.25, 0.3) is 0 Å². The topological polar surface area (TPSA) is 117 Å². The number of carboxylic acids is 1. The number of amides is 2. The minimum Gasteiger partial charge on any atom is -0.480 e. The van der Waals surface area contributed by atoms with Gasteiger partial charge in [0.1, 0.15) is 6.04 Å². The van der Waals surface area contributed by atoms with Gasteiger partial charge in [0, 0.05) is 13.1 Å². The third kappa shape index (κ3) is 10.6. The molecule has 0 unspecified atom stereocenters. The molecule has 0 saturated heterocycles. The Balaban J connectivity index is 3.88. The van der Waals surface area contributed by atoms with Gasteiger partial charge in [-0.15, -0.1) is 0 Å². The Morgan fingerprint density at radius 2 is 1.90 bits per heavy atom. The molecule has 0 aromatic rings. The zero-order chi connectivity index (χ0) is 16.3. The van der Waals surface area contributed by atoms with Crippen molar-refractivity contribution in [2.24, 2.45) is 0 Å². The summed E-state index contributed by atoms with van der Waals surface area (Å²) in [5.74, 6) is -2.02. The molecule has 0 aromatic heterocycles. The Morgan fingerprint density at radius 3 is 2.43 bits per heavy atom. The SMILES string of the molecule is COC(=O)C[C@H](NC(=O)NCCOCCN(C)C)C(=O)O. The number of nitrogens with one attached hydrogen (secondary N) is 2. The lowest BCUT2D eigenvalue weighted by Gasteiger charge is -2.14. The number of carbonyl (C=O) groups is 3. The number of urea groups is 1. The van der Waals surface area contributed by atoms with Gasteiger partial charge in [-0.05, 0) is 14.1 Å². The first-order valence-electron chi connectivity index (χ1n) is 6.43. The summed E-state index contributed by atoms with van der Waals surface area (Å²) in [6.07, 6.45) is -0.432. The molecule has 1 atom stereocenters. The minimum absolute atomic E-state index is 0.240. The van der Waals surface area contributed by atoms with Crippen molar-refractivity contribution < 1.29 is 29.0 Å². The van der Waals surface area contributed by atoms with Gasteiger partial charge in [0.15, 0.2) is 0 Å². The van der Waals surface area contributed by atoms with Crippen LogP contribution >= 0.6 is 0 Å². The van der Waals surface area contributed by atoms with E-state index in [0.717, 1.165) is 13.7 Å². The number of hydrogen-bond acceptors (Lipinski definition) is 6. The molecule has 0 aromatic carbocycles. The van der Waals surface area contributed by atoms with Crippen LogP contribution < -0.4 is 10.6 Å². The molecule has 122 valence electrons. The van der Waals surface area contributed by atoms with Crippen LogP contribution in [0.15, 0.2) is 0 Å². The number of hydrogen-bond donors (Lipinski definition) is 3. The molecule has 9 nitrogen and oxygen atoms in total. The number of esters is 1. The van der Waals surface area contributed by atoms with Crippen LogP contribution in [0.5, 0.6) is 0 Å². The number of methoxy groups -OCH3 is 1. The molecular weight excluding hydrogens is 282 g/mol. The van der Waals surface area contributed by atoms with Gasteiger partial charge >= 0.3 is 18.0 Å². The summed E-state index contributed by atoms with van der Waals surface area (Å²) in [6.45, 7) is 1.86. The van der Waals surface area contributed by atoms with E-state index in [4.69, 9.17) is 9.84 Å². The highest BCUT2D eigenvalue weighted by atomic mass is 16.5. The fourth-order valence-corrected chi connectivity index (χ4v) is 1.25. The molecule has 0 aliphatic carbocycles. The molecule has 2 amide bonds. The maximum absolute atomic E-state index is 11.5. The number of carbonyl (C=O) groups excluding carboxylic acids is 2. The monoisotopic (exact) mass is 305 g/mol. The predicted octanol–water partition coefficient (Wildman–Crippen LogP) is -1.12. The van der Waals surface area contributed by atoms with Gasteiger partial charge in [-0.25, -0.2) is 9.59 Å². The average molecular weight is 305 g/mol. The smallest absolute Gasteiger partial charge is 0.326 e. The Labute approximate surface area is 123 Å². The van der Waals surface area contributed by atoms with E-state index in [1.165, 1.54) is 0 Å². The molecule has 9 heteroatoms. The van der Waals surface area contributed by atoms with Gasteiger partial charge in [0.2, 0.25) is 0 Å². The van der Waals surface area contributed by atoms with Crippen LogP contribution in [0.4, 0.5) is 4.79 Å². The lowest BCUT2D eigenvalue weighted by molar-refractivity contribution is -0.147. The summed E-state index contributed by atoms with van der Waals surface area (Å²) >= 11 is 0. The maximum Gasteiger partial charge on any atom is 0.326 e. The number of likely N-dealkylation sites (N-methyl/N-ethyl adjacent to an activating group) is 1. The third-order valence-electron chi connectivity index (χ3n) is 2.42. The van der Waals surface area contributed by atoms with E-state index in [1.54, 1.807) is 0 Å². The summed E-state index contributed by atoms with van der Waals surface area (Å²) in [5, 5.41) is 13.5. The van der Waals surface area contributed by atoms with Gasteiger partial charge in [-0.1, -0.05) is 0 Å². The van der Waals surface area contributed by atoms with Crippen molar-refractivity contribution in [2.75, 3.05) is 47.5 Å². The van der Waals surface area contributed by atoms with E-state index in [1.807, 2.05) is 19.0 Å². The van der Waals surface area contributed by atoms with E-state index in [-0.39, 0.29) is 6.54 Å². The van der Waals surface area contributed by atoms with Crippen LogP contribution in [0.2, 0.25) is 0 Å². The molecule has 0 spiro atoms. The van der Waals surface area contributed by atoms with Crippen LogP contribution in [0.1, 0.15) is 6.42 Å². The Bertz CT molecular complexity index is 348. The second-order valence-corrected chi connectivity index (χ2v) is 4.49. The molecule has 0 aliphatic heterocycles. The average Bonchev–Trinajstić information content (AvgIpc) is 2.41. The quantitative estimate of drug-likeness (QED) is 0.346. The first kappa shape index (κ1) is 19.1. The van der Waals surface area contributed by atoms with E-state index < -0.39 is 30.4 Å². The fraction of sp³-hybridized carbons (Fsp3) is 0.750. The lowest BCUT2D eigenvalue weighted by atomic mass is 10.2. The van der Waals surface area contributed by atoms with Crippen LogP contribution in [0, 0.1) is 0 Å². The second kappa shape index (κ2) is 10.9.